The second-order valence-electron chi connectivity index (χ2n) is 4.22. The summed E-state index contributed by atoms with van der Waals surface area (Å²) in [6.45, 7) is 6.21. The second-order valence-corrected chi connectivity index (χ2v) is 4.91. The van der Waals surface area contributed by atoms with E-state index in [9.17, 15) is 0 Å². The van der Waals surface area contributed by atoms with Crippen molar-refractivity contribution in [3.05, 3.63) is 10.4 Å². The standard InChI is InChI=1S/C8H10Cl2N4/c1-8(2)3-14(4-8)6-5(9)12-13-7(10)11-6/h3-4H2,1-2H3. The van der Waals surface area contributed by atoms with E-state index in [1.54, 1.807) is 0 Å². The highest BCUT2D eigenvalue weighted by Crippen LogP contribution is 2.35. The lowest BCUT2D eigenvalue weighted by atomic mass is 9.84. The molecule has 6 heteroatoms. The molecule has 2 rings (SSSR count). The van der Waals surface area contributed by atoms with Gasteiger partial charge < -0.3 is 4.90 Å². The first-order valence-corrected chi connectivity index (χ1v) is 5.04. The summed E-state index contributed by atoms with van der Waals surface area (Å²) < 4.78 is 0. The zero-order chi connectivity index (χ0) is 10.3. The van der Waals surface area contributed by atoms with Crippen molar-refractivity contribution in [2.24, 2.45) is 5.41 Å². The molecule has 1 aromatic rings. The molecular weight excluding hydrogens is 223 g/mol. The summed E-state index contributed by atoms with van der Waals surface area (Å²) in [5.41, 5.74) is 0.320. The first-order chi connectivity index (χ1) is 6.48. The fraction of sp³-hybridized carbons (Fsp3) is 0.625. The van der Waals surface area contributed by atoms with Crippen molar-refractivity contribution >= 4 is 29.0 Å². The van der Waals surface area contributed by atoms with Crippen LogP contribution in [0.15, 0.2) is 0 Å². The van der Waals surface area contributed by atoms with E-state index in [1.807, 2.05) is 4.90 Å². The van der Waals surface area contributed by atoms with Crippen LogP contribution in [0.3, 0.4) is 0 Å². The molecule has 0 saturated carbocycles. The van der Waals surface area contributed by atoms with Gasteiger partial charge in [-0.15, -0.1) is 10.2 Å². The summed E-state index contributed by atoms with van der Waals surface area (Å²) >= 11 is 11.5. The van der Waals surface area contributed by atoms with Gasteiger partial charge in [0.15, 0.2) is 11.0 Å². The van der Waals surface area contributed by atoms with E-state index in [0.29, 0.717) is 16.4 Å². The average Bonchev–Trinajstić information content (AvgIpc) is 2.05. The molecule has 1 saturated heterocycles. The number of hydrogen-bond acceptors (Lipinski definition) is 4. The van der Waals surface area contributed by atoms with E-state index in [2.05, 4.69) is 29.0 Å². The van der Waals surface area contributed by atoms with Gasteiger partial charge in [-0.05, 0) is 17.0 Å². The molecule has 0 atom stereocenters. The predicted molar refractivity (Wildman–Crippen MR) is 55.8 cm³/mol. The molecule has 0 aliphatic carbocycles. The SMILES string of the molecule is CC1(C)CN(c2nc(Cl)nnc2Cl)C1. The van der Waals surface area contributed by atoms with Crippen molar-refractivity contribution in [3.63, 3.8) is 0 Å². The van der Waals surface area contributed by atoms with Crippen molar-refractivity contribution in [3.8, 4) is 0 Å². The Morgan fingerprint density at radius 2 is 1.86 bits per heavy atom. The Bertz CT molecular complexity index is 358. The van der Waals surface area contributed by atoms with Crippen LogP contribution in [-0.2, 0) is 0 Å². The fourth-order valence-corrected chi connectivity index (χ4v) is 1.94. The maximum absolute atomic E-state index is 5.86. The Labute approximate surface area is 92.2 Å². The maximum Gasteiger partial charge on any atom is 0.245 e. The van der Waals surface area contributed by atoms with Crippen LogP contribution >= 0.6 is 23.2 Å². The van der Waals surface area contributed by atoms with Crippen molar-refractivity contribution in [1.29, 1.82) is 0 Å². The molecule has 0 bridgehead atoms. The van der Waals surface area contributed by atoms with E-state index in [1.165, 1.54) is 0 Å². The van der Waals surface area contributed by atoms with Crippen molar-refractivity contribution < 1.29 is 0 Å². The van der Waals surface area contributed by atoms with Crippen LogP contribution < -0.4 is 4.90 Å². The smallest absolute Gasteiger partial charge is 0.245 e. The average molecular weight is 233 g/mol. The highest BCUT2D eigenvalue weighted by atomic mass is 35.5. The van der Waals surface area contributed by atoms with Gasteiger partial charge in [0.2, 0.25) is 5.28 Å². The van der Waals surface area contributed by atoms with Gasteiger partial charge >= 0.3 is 0 Å². The summed E-state index contributed by atoms with van der Waals surface area (Å²) in [5.74, 6) is 0.631. The first-order valence-electron chi connectivity index (χ1n) is 4.29. The lowest BCUT2D eigenvalue weighted by molar-refractivity contribution is 0.274. The Kier molecular flexibility index (Phi) is 2.27. The largest absolute Gasteiger partial charge is 0.353 e. The Balaban J connectivity index is 2.22. The molecule has 2 heterocycles. The Morgan fingerprint density at radius 3 is 2.43 bits per heavy atom. The van der Waals surface area contributed by atoms with Gasteiger partial charge in [-0.1, -0.05) is 25.4 Å². The van der Waals surface area contributed by atoms with Crippen molar-refractivity contribution in [2.75, 3.05) is 18.0 Å². The van der Waals surface area contributed by atoms with Crippen LogP contribution in [0, 0.1) is 5.41 Å². The molecular formula is C8H10Cl2N4. The van der Waals surface area contributed by atoms with Gasteiger partial charge in [-0.25, -0.2) is 0 Å². The topological polar surface area (TPSA) is 41.9 Å². The lowest BCUT2D eigenvalue weighted by Crippen LogP contribution is -2.53. The summed E-state index contributed by atoms with van der Waals surface area (Å²) in [6.07, 6.45) is 0. The molecule has 1 aromatic heterocycles. The summed E-state index contributed by atoms with van der Waals surface area (Å²) in [4.78, 5) is 6.09. The van der Waals surface area contributed by atoms with E-state index < -0.39 is 0 Å². The van der Waals surface area contributed by atoms with Crippen molar-refractivity contribution in [2.45, 2.75) is 13.8 Å². The van der Waals surface area contributed by atoms with Crippen LogP contribution in [0.2, 0.25) is 10.4 Å². The highest BCUT2D eigenvalue weighted by molar-refractivity contribution is 6.32. The molecule has 0 spiro atoms. The number of aromatic nitrogens is 3. The number of halogens is 2. The minimum absolute atomic E-state index is 0.133. The molecule has 0 aromatic carbocycles. The van der Waals surface area contributed by atoms with Gasteiger partial charge in [-0.3, -0.25) is 0 Å². The molecule has 14 heavy (non-hydrogen) atoms. The van der Waals surface area contributed by atoms with E-state index in [-0.39, 0.29) is 5.28 Å². The zero-order valence-electron chi connectivity index (χ0n) is 7.96. The number of nitrogens with zero attached hydrogens (tertiary/aromatic N) is 4. The van der Waals surface area contributed by atoms with Crippen LogP contribution in [0.1, 0.15) is 13.8 Å². The third kappa shape index (κ3) is 1.77. The van der Waals surface area contributed by atoms with Gasteiger partial charge in [0.1, 0.15) is 0 Å². The minimum Gasteiger partial charge on any atom is -0.353 e. The van der Waals surface area contributed by atoms with Crippen LogP contribution in [-0.4, -0.2) is 28.3 Å². The maximum atomic E-state index is 5.86. The van der Waals surface area contributed by atoms with Crippen LogP contribution in [0.25, 0.3) is 0 Å². The van der Waals surface area contributed by atoms with Crippen LogP contribution in [0.5, 0.6) is 0 Å². The van der Waals surface area contributed by atoms with E-state index >= 15 is 0 Å². The Hall–Kier alpha value is -0.610. The quantitative estimate of drug-likeness (QED) is 0.744. The van der Waals surface area contributed by atoms with Crippen LogP contribution in [0.4, 0.5) is 5.82 Å². The molecule has 0 radical (unpaired) electrons. The number of anilines is 1. The number of rotatable bonds is 1. The van der Waals surface area contributed by atoms with Gasteiger partial charge in [0.25, 0.3) is 0 Å². The molecule has 4 nitrogen and oxygen atoms in total. The van der Waals surface area contributed by atoms with Gasteiger partial charge in [0, 0.05) is 13.1 Å². The Morgan fingerprint density at radius 1 is 1.21 bits per heavy atom. The zero-order valence-corrected chi connectivity index (χ0v) is 9.47. The first kappa shape index (κ1) is 9.93. The van der Waals surface area contributed by atoms with E-state index in [4.69, 9.17) is 23.2 Å². The molecule has 0 amide bonds. The molecule has 1 aliphatic rings. The van der Waals surface area contributed by atoms with E-state index in [0.717, 1.165) is 13.1 Å². The molecule has 0 unspecified atom stereocenters. The lowest BCUT2D eigenvalue weighted by Gasteiger charge is -2.46. The van der Waals surface area contributed by atoms with Crippen molar-refractivity contribution in [1.82, 2.24) is 15.2 Å². The summed E-state index contributed by atoms with van der Waals surface area (Å²) in [6, 6.07) is 0. The second kappa shape index (κ2) is 3.21. The number of hydrogen-bond donors (Lipinski definition) is 0. The third-order valence-corrected chi connectivity index (χ3v) is 2.55. The summed E-state index contributed by atoms with van der Waals surface area (Å²) in [7, 11) is 0. The predicted octanol–water partition coefficient (Wildman–Crippen LogP) is 2.02. The summed E-state index contributed by atoms with van der Waals surface area (Å²) in [5, 5.41) is 7.71. The third-order valence-electron chi connectivity index (χ3n) is 2.14. The molecule has 0 N–H and O–H groups in total. The molecule has 76 valence electrons. The highest BCUT2D eigenvalue weighted by Gasteiger charge is 2.36. The monoisotopic (exact) mass is 232 g/mol. The normalized spacial score (nSPS) is 19.3. The van der Waals surface area contributed by atoms with Gasteiger partial charge in [-0.2, -0.15) is 4.98 Å². The minimum atomic E-state index is 0.133. The molecule has 1 fully saturated rings. The molecule has 1 aliphatic heterocycles. The van der Waals surface area contributed by atoms with Gasteiger partial charge in [0.05, 0.1) is 0 Å². The fourth-order valence-electron chi connectivity index (χ4n) is 1.62.